The predicted octanol–water partition coefficient (Wildman–Crippen LogP) is 11.2. The van der Waals surface area contributed by atoms with Crippen LogP contribution in [0.15, 0.2) is 48.6 Å². The lowest BCUT2D eigenvalue weighted by Crippen LogP contribution is -2.29. The summed E-state index contributed by atoms with van der Waals surface area (Å²) in [6.07, 6.45) is 38.9. The highest BCUT2D eigenvalue weighted by atomic mass is 31.2. The molecule has 0 bridgehead atoms. The van der Waals surface area contributed by atoms with Crippen LogP contribution in [0.1, 0.15) is 175 Å². The summed E-state index contributed by atoms with van der Waals surface area (Å²) in [6.45, 7) is 5.81. The molecule has 9 nitrogen and oxygen atoms in total. The first-order valence-electron chi connectivity index (χ1n) is 20.4. The van der Waals surface area contributed by atoms with Gasteiger partial charge in [-0.3, -0.25) is 14.1 Å². The molecule has 52 heavy (non-hydrogen) atoms. The van der Waals surface area contributed by atoms with E-state index in [1.165, 1.54) is 70.6 Å². The number of aliphatic hydroxyl groups excluding tert-OH is 1. The average Bonchev–Trinajstić information content (AvgIpc) is 3.09. The molecule has 0 spiro atoms. The van der Waals surface area contributed by atoms with E-state index in [9.17, 15) is 19.3 Å². The van der Waals surface area contributed by atoms with Gasteiger partial charge in [0.15, 0.2) is 6.10 Å². The minimum atomic E-state index is -4.78. The first-order valence-corrected chi connectivity index (χ1v) is 21.9. The van der Waals surface area contributed by atoms with Crippen molar-refractivity contribution < 1.29 is 43.0 Å². The highest BCUT2D eigenvalue weighted by Gasteiger charge is 2.22. The number of hydrogen-bond donors (Lipinski definition) is 3. The van der Waals surface area contributed by atoms with Crippen LogP contribution in [0.4, 0.5) is 0 Å². The Labute approximate surface area is 317 Å². The smallest absolute Gasteiger partial charge is 0.462 e. The van der Waals surface area contributed by atoms with Gasteiger partial charge in [0.1, 0.15) is 6.61 Å². The van der Waals surface area contributed by atoms with Crippen molar-refractivity contribution in [2.45, 2.75) is 187 Å². The van der Waals surface area contributed by atoms with Gasteiger partial charge in [0, 0.05) is 12.8 Å². The van der Waals surface area contributed by atoms with Crippen LogP contribution < -0.4 is 0 Å². The standard InChI is InChI=1S/C42H75O9P/c1-4-5-32-39(43)33-28-24-20-16-12-9-10-14-18-22-26-30-35-42(45)51-40(37-50-52(46,47)48)36-49-41(44)34-29-25-21-17-13-8-6-7-11-15-19-23-27-31-38(2)3/h9-10,16,18,20,22,28,33,38-40,43H,4-8,11-15,17,19,21,23-27,29-32,34-37H2,1-3H3,(H2,46,47,48)/b10-9-,20-16-,22-18-,33-28-/t39-,40-/m1/s1. The number of hydrogen-bond acceptors (Lipinski definition) is 7. The van der Waals surface area contributed by atoms with Gasteiger partial charge in [-0.15, -0.1) is 0 Å². The third kappa shape index (κ3) is 39.2. The molecule has 0 heterocycles. The maximum atomic E-state index is 12.4. The molecule has 0 aromatic carbocycles. The molecule has 302 valence electrons. The maximum absolute atomic E-state index is 12.4. The Morgan fingerprint density at radius 1 is 0.615 bits per heavy atom. The molecule has 0 amide bonds. The molecule has 10 heteroatoms. The van der Waals surface area contributed by atoms with Crippen molar-refractivity contribution in [3.8, 4) is 0 Å². The second-order valence-corrected chi connectivity index (χ2v) is 15.5. The summed E-state index contributed by atoms with van der Waals surface area (Å²) in [7, 11) is -4.78. The molecule has 0 unspecified atom stereocenters. The van der Waals surface area contributed by atoms with E-state index in [4.69, 9.17) is 19.3 Å². The molecule has 0 aromatic heterocycles. The molecule has 0 fully saturated rings. The zero-order valence-corrected chi connectivity index (χ0v) is 33.9. The summed E-state index contributed by atoms with van der Waals surface area (Å²) < 4.78 is 26.3. The van der Waals surface area contributed by atoms with Crippen molar-refractivity contribution in [3.63, 3.8) is 0 Å². The van der Waals surface area contributed by atoms with Crippen LogP contribution in [0.25, 0.3) is 0 Å². The Morgan fingerprint density at radius 2 is 1.12 bits per heavy atom. The molecular weight excluding hydrogens is 679 g/mol. The molecule has 0 saturated carbocycles. The van der Waals surface area contributed by atoms with E-state index in [0.29, 0.717) is 19.3 Å². The van der Waals surface area contributed by atoms with Crippen molar-refractivity contribution in [2.75, 3.05) is 13.2 Å². The third-order valence-corrected chi connectivity index (χ3v) is 9.08. The number of phosphoric acid groups is 1. The Kier molecular flexibility index (Phi) is 34.6. The molecule has 0 aliphatic rings. The zero-order valence-electron chi connectivity index (χ0n) is 33.0. The van der Waals surface area contributed by atoms with Crippen molar-refractivity contribution in [3.05, 3.63) is 48.6 Å². The van der Waals surface area contributed by atoms with Crippen LogP contribution in [0, 0.1) is 5.92 Å². The van der Waals surface area contributed by atoms with Gasteiger partial charge in [0.25, 0.3) is 0 Å². The number of carbonyl (C=O) groups excluding carboxylic acids is 2. The largest absolute Gasteiger partial charge is 0.469 e. The highest BCUT2D eigenvalue weighted by Crippen LogP contribution is 2.36. The van der Waals surface area contributed by atoms with E-state index in [1.54, 1.807) is 0 Å². The van der Waals surface area contributed by atoms with Gasteiger partial charge in [-0.25, -0.2) is 4.57 Å². The summed E-state index contributed by atoms with van der Waals surface area (Å²) in [5.74, 6) is -0.152. The van der Waals surface area contributed by atoms with Crippen LogP contribution in [0.2, 0.25) is 0 Å². The van der Waals surface area contributed by atoms with Gasteiger partial charge in [0.05, 0.1) is 12.7 Å². The quantitative estimate of drug-likeness (QED) is 0.0247. The second-order valence-electron chi connectivity index (χ2n) is 14.3. The maximum Gasteiger partial charge on any atom is 0.469 e. The lowest BCUT2D eigenvalue weighted by Gasteiger charge is -2.18. The summed E-state index contributed by atoms with van der Waals surface area (Å²) in [5, 5.41) is 9.79. The normalized spacial score (nSPS) is 13.7. The van der Waals surface area contributed by atoms with E-state index in [2.05, 4.69) is 49.6 Å². The monoisotopic (exact) mass is 755 g/mol. The fourth-order valence-corrected chi connectivity index (χ4v) is 5.87. The Bertz CT molecular complexity index is 1010. The Hall–Kier alpha value is -2.03. The Balaban J connectivity index is 4.06. The summed E-state index contributed by atoms with van der Waals surface area (Å²) in [4.78, 5) is 42.8. The number of esters is 2. The molecule has 3 N–H and O–H groups in total. The van der Waals surface area contributed by atoms with E-state index >= 15 is 0 Å². The number of phosphoric ester groups is 1. The minimum Gasteiger partial charge on any atom is -0.462 e. The van der Waals surface area contributed by atoms with Gasteiger partial charge in [-0.05, 0) is 50.9 Å². The van der Waals surface area contributed by atoms with Crippen molar-refractivity contribution >= 4 is 19.8 Å². The molecule has 0 radical (unpaired) electrons. The Morgan fingerprint density at radius 3 is 1.65 bits per heavy atom. The number of ether oxygens (including phenoxy) is 2. The summed E-state index contributed by atoms with van der Waals surface area (Å²) >= 11 is 0. The third-order valence-electron chi connectivity index (χ3n) is 8.60. The van der Waals surface area contributed by atoms with Crippen LogP contribution in [-0.4, -0.2) is 52.3 Å². The van der Waals surface area contributed by atoms with Crippen LogP contribution in [0.3, 0.4) is 0 Å². The van der Waals surface area contributed by atoms with E-state index < -0.39 is 32.5 Å². The lowest BCUT2D eigenvalue weighted by molar-refractivity contribution is -0.161. The van der Waals surface area contributed by atoms with Crippen molar-refractivity contribution in [1.82, 2.24) is 0 Å². The first kappa shape index (κ1) is 50.0. The first-order chi connectivity index (χ1) is 25.0. The highest BCUT2D eigenvalue weighted by molar-refractivity contribution is 7.46. The van der Waals surface area contributed by atoms with Gasteiger partial charge >= 0.3 is 19.8 Å². The molecule has 0 rings (SSSR count). The molecule has 2 atom stereocenters. The van der Waals surface area contributed by atoms with Crippen molar-refractivity contribution in [1.29, 1.82) is 0 Å². The SMILES string of the molecule is CCCC[C@@H](O)/C=C\C/C=C\C/C=C\C/C=C\CCCC(=O)O[C@H](COC(=O)CCCCCCCCCCCCCCCC(C)C)COP(=O)(O)O. The topological polar surface area (TPSA) is 140 Å². The van der Waals surface area contributed by atoms with Crippen LogP contribution in [0.5, 0.6) is 0 Å². The summed E-state index contributed by atoms with van der Waals surface area (Å²) in [6, 6.07) is 0. The average molecular weight is 755 g/mol. The van der Waals surface area contributed by atoms with Gasteiger partial charge in [-0.1, -0.05) is 166 Å². The lowest BCUT2D eigenvalue weighted by atomic mass is 10.0. The van der Waals surface area contributed by atoms with Crippen LogP contribution >= 0.6 is 7.82 Å². The van der Waals surface area contributed by atoms with Gasteiger partial charge < -0.3 is 24.4 Å². The number of aliphatic hydroxyl groups is 1. The van der Waals surface area contributed by atoms with E-state index in [1.807, 2.05) is 24.3 Å². The molecule has 0 aliphatic heterocycles. The van der Waals surface area contributed by atoms with E-state index in [-0.39, 0.29) is 25.6 Å². The molecule has 0 aromatic rings. The van der Waals surface area contributed by atoms with Gasteiger partial charge in [-0.2, -0.15) is 0 Å². The number of allylic oxidation sites excluding steroid dienone is 7. The number of rotatable bonds is 36. The zero-order chi connectivity index (χ0) is 38.5. The molecular formula is C42H75O9P. The number of unbranched alkanes of at least 4 members (excludes halogenated alkanes) is 14. The summed E-state index contributed by atoms with van der Waals surface area (Å²) in [5.41, 5.74) is 0. The molecule has 0 saturated heterocycles. The fraction of sp³-hybridized carbons (Fsp3) is 0.762. The fourth-order valence-electron chi connectivity index (χ4n) is 5.51. The molecule has 0 aliphatic carbocycles. The second kappa shape index (κ2) is 36.0. The van der Waals surface area contributed by atoms with E-state index in [0.717, 1.165) is 57.3 Å². The van der Waals surface area contributed by atoms with Crippen molar-refractivity contribution in [2.24, 2.45) is 5.92 Å². The van der Waals surface area contributed by atoms with Gasteiger partial charge in [0.2, 0.25) is 0 Å². The number of carbonyl (C=O) groups is 2. The minimum absolute atomic E-state index is 0.119. The predicted molar refractivity (Wildman–Crippen MR) is 213 cm³/mol. The van der Waals surface area contributed by atoms with Crippen LogP contribution in [-0.2, 0) is 28.2 Å².